The van der Waals surface area contributed by atoms with E-state index in [1.807, 2.05) is 42.5 Å². The van der Waals surface area contributed by atoms with Gasteiger partial charge in [0, 0.05) is 0 Å². The number of hydrogen-bond donors (Lipinski definition) is 1. The number of allylic oxidation sites excluding steroid dienone is 1. The maximum Gasteiger partial charge on any atom is 0.130 e. The van der Waals surface area contributed by atoms with Gasteiger partial charge >= 0.3 is 0 Å². The van der Waals surface area contributed by atoms with Crippen LogP contribution >= 0.6 is 0 Å². The lowest BCUT2D eigenvalue weighted by Crippen LogP contribution is -1.80. The van der Waals surface area contributed by atoms with Crippen molar-refractivity contribution in [3.8, 4) is 29.0 Å². The van der Waals surface area contributed by atoms with Crippen LogP contribution in [0.5, 0.6) is 5.75 Å². The number of nitriles is 2. The predicted molar refractivity (Wildman–Crippen MR) is 72.7 cm³/mol. The molecule has 0 spiro atoms. The molecule has 0 aliphatic heterocycles. The summed E-state index contributed by atoms with van der Waals surface area (Å²) < 4.78 is 0. The molecule has 19 heavy (non-hydrogen) atoms. The molecule has 2 aromatic rings. The Kier molecular flexibility index (Phi) is 3.61. The summed E-state index contributed by atoms with van der Waals surface area (Å²) in [5.41, 5.74) is 2.64. The average molecular weight is 246 g/mol. The van der Waals surface area contributed by atoms with Gasteiger partial charge in [0.15, 0.2) is 0 Å². The highest BCUT2D eigenvalue weighted by atomic mass is 16.3. The first-order chi connectivity index (χ1) is 9.22. The first kappa shape index (κ1) is 12.4. The minimum absolute atomic E-state index is 0.0630. The van der Waals surface area contributed by atoms with Crippen molar-refractivity contribution in [3.63, 3.8) is 0 Å². The predicted octanol–water partition coefficient (Wildman–Crippen LogP) is 3.49. The number of aromatic hydroxyl groups is 1. The van der Waals surface area contributed by atoms with Crippen LogP contribution in [0.3, 0.4) is 0 Å². The Morgan fingerprint density at radius 1 is 0.947 bits per heavy atom. The van der Waals surface area contributed by atoms with Crippen LogP contribution in [-0.4, -0.2) is 5.11 Å². The van der Waals surface area contributed by atoms with Crippen LogP contribution in [0, 0.1) is 22.7 Å². The van der Waals surface area contributed by atoms with E-state index in [1.54, 1.807) is 18.2 Å². The topological polar surface area (TPSA) is 67.8 Å². The third-order valence-electron chi connectivity index (χ3n) is 2.62. The van der Waals surface area contributed by atoms with E-state index in [2.05, 4.69) is 0 Å². The van der Waals surface area contributed by atoms with E-state index in [1.165, 1.54) is 6.08 Å². The van der Waals surface area contributed by atoms with Gasteiger partial charge in [-0.05, 0) is 41.0 Å². The highest BCUT2D eigenvalue weighted by Gasteiger charge is 2.00. The summed E-state index contributed by atoms with van der Waals surface area (Å²) in [5, 5.41) is 26.9. The van der Waals surface area contributed by atoms with Crippen molar-refractivity contribution in [2.75, 3.05) is 0 Å². The molecule has 1 N–H and O–H groups in total. The lowest BCUT2D eigenvalue weighted by molar-refractivity contribution is 0.475. The molecule has 3 nitrogen and oxygen atoms in total. The van der Waals surface area contributed by atoms with Crippen LogP contribution in [0.15, 0.2) is 54.1 Å². The summed E-state index contributed by atoms with van der Waals surface area (Å²) in [5.74, 6) is 0.202. The highest BCUT2D eigenvalue weighted by molar-refractivity contribution is 5.70. The van der Waals surface area contributed by atoms with E-state index < -0.39 is 0 Å². The van der Waals surface area contributed by atoms with Crippen molar-refractivity contribution < 1.29 is 5.11 Å². The van der Waals surface area contributed by atoms with E-state index in [0.717, 1.165) is 16.7 Å². The van der Waals surface area contributed by atoms with E-state index in [9.17, 15) is 5.11 Å². The van der Waals surface area contributed by atoms with E-state index in [-0.39, 0.29) is 11.3 Å². The summed E-state index contributed by atoms with van der Waals surface area (Å²) in [6.45, 7) is 0. The van der Waals surface area contributed by atoms with Crippen LogP contribution in [0.1, 0.15) is 5.56 Å². The second-order valence-corrected chi connectivity index (χ2v) is 3.96. The number of phenols is 1. The zero-order valence-corrected chi connectivity index (χ0v) is 10.0. The zero-order valence-electron chi connectivity index (χ0n) is 10.0. The molecule has 90 valence electrons. The van der Waals surface area contributed by atoms with Crippen molar-refractivity contribution in [2.24, 2.45) is 0 Å². The van der Waals surface area contributed by atoms with E-state index >= 15 is 0 Å². The van der Waals surface area contributed by atoms with Crippen LogP contribution in [-0.2, 0) is 0 Å². The third kappa shape index (κ3) is 3.00. The van der Waals surface area contributed by atoms with E-state index in [0.29, 0.717) is 0 Å². The monoisotopic (exact) mass is 246 g/mol. The third-order valence-corrected chi connectivity index (χ3v) is 2.62. The van der Waals surface area contributed by atoms with Gasteiger partial charge in [-0.15, -0.1) is 0 Å². The SMILES string of the molecule is N#CC(C#N)=Cc1cccc(-c2cccc(O)c2)c1. The van der Waals surface area contributed by atoms with Gasteiger partial charge in [-0.25, -0.2) is 0 Å². The van der Waals surface area contributed by atoms with Gasteiger partial charge in [0.1, 0.15) is 23.5 Å². The van der Waals surface area contributed by atoms with Crippen LogP contribution in [0.25, 0.3) is 17.2 Å². The summed E-state index contributed by atoms with van der Waals surface area (Å²) in [7, 11) is 0. The fourth-order valence-electron chi connectivity index (χ4n) is 1.75. The Labute approximate surface area is 111 Å². The quantitative estimate of drug-likeness (QED) is 0.824. The number of phenolic OH excluding ortho intramolecular Hbond substituents is 1. The van der Waals surface area contributed by atoms with Crippen molar-refractivity contribution >= 4 is 6.08 Å². The molecular formula is C16H10N2O. The molecule has 0 saturated heterocycles. The van der Waals surface area contributed by atoms with Gasteiger partial charge in [-0.3, -0.25) is 0 Å². The molecule has 0 fully saturated rings. The molecule has 0 amide bonds. The second kappa shape index (κ2) is 5.53. The van der Waals surface area contributed by atoms with Gasteiger partial charge in [0.2, 0.25) is 0 Å². The zero-order chi connectivity index (χ0) is 13.7. The largest absolute Gasteiger partial charge is 0.508 e. The Hall–Kier alpha value is -3.04. The standard InChI is InChI=1S/C16H10N2O/c17-10-13(11-18)7-12-3-1-4-14(8-12)15-5-2-6-16(19)9-15/h1-9,19H. The molecule has 0 saturated carbocycles. The number of benzene rings is 2. The van der Waals surface area contributed by atoms with Gasteiger partial charge in [-0.2, -0.15) is 10.5 Å². The minimum atomic E-state index is 0.0630. The van der Waals surface area contributed by atoms with Crippen LogP contribution in [0.2, 0.25) is 0 Å². The molecule has 0 heterocycles. The number of rotatable bonds is 2. The van der Waals surface area contributed by atoms with Crippen molar-refractivity contribution in [1.29, 1.82) is 10.5 Å². The Balaban J connectivity index is 2.44. The van der Waals surface area contributed by atoms with Gasteiger partial charge < -0.3 is 5.11 Å². The number of hydrogen-bond acceptors (Lipinski definition) is 3. The molecule has 0 aliphatic carbocycles. The normalized spacial score (nSPS) is 9.16. The van der Waals surface area contributed by atoms with Crippen LogP contribution < -0.4 is 0 Å². The maximum atomic E-state index is 9.47. The first-order valence-electron chi connectivity index (χ1n) is 5.64. The Bertz CT molecular complexity index is 702. The van der Waals surface area contributed by atoms with Gasteiger partial charge in [-0.1, -0.05) is 30.3 Å². The van der Waals surface area contributed by atoms with Crippen LogP contribution in [0.4, 0.5) is 0 Å². The summed E-state index contributed by atoms with van der Waals surface area (Å²) in [6, 6.07) is 18.0. The molecular weight excluding hydrogens is 236 g/mol. The molecule has 0 bridgehead atoms. The molecule has 3 heteroatoms. The van der Waals surface area contributed by atoms with Crippen molar-refractivity contribution in [3.05, 3.63) is 59.7 Å². The molecule has 0 unspecified atom stereocenters. The fourth-order valence-corrected chi connectivity index (χ4v) is 1.75. The Morgan fingerprint density at radius 2 is 1.58 bits per heavy atom. The molecule has 2 rings (SSSR count). The van der Waals surface area contributed by atoms with Crippen molar-refractivity contribution in [2.45, 2.75) is 0 Å². The minimum Gasteiger partial charge on any atom is -0.508 e. The second-order valence-electron chi connectivity index (χ2n) is 3.96. The number of nitrogens with zero attached hydrogens (tertiary/aromatic N) is 2. The summed E-state index contributed by atoms with van der Waals surface area (Å²) in [4.78, 5) is 0. The maximum absolute atomic E-state index is 9.47. The first-order valence-corrected chi connectivity index (χ1v) is 5.64. The molecule has 2 aromatic carbocycles. The van der Waals surface area contributed by atoms with Gasteiger partial charge in [0.25, 0.3) is 0 Å². The molecule has 0 radical (unpaired) electrons. The fraction of sp³-hybridized carbons (Fsp3) is 0. The smallest absolute Gasteiger partial charge is 0.130 e. The summed E-state index contributed by atoms with van der Waals surface area (Å²) in [6.07, 6.45) is 1.53. The average Bonchev–Trinajstić information content (AvgIpc) is 2.45. The molecule has 0 aliphatic rings. The molecule has 0 atom stereocenters. The van der Waals surface area contributed by atoms with E-state index in [4.69, 9.17) is 10.5 Å². The Morgan fingerprint density at radius 3 is 2.21 bits per heavy atom. The molecule has 0 aromatic heterocycles. The lowest BCUT2D eigenvalue weighted by atomic mass is 10.0. The van der Waals surface area contributed by atoms with Crippen molar-refractivity contribution in [1.82, 2.24) is 0 Å². The highest BCUT2D eigenvalue weighted by Crippen LogP contribution is 2.24. The summed E-state index contributed by atoms with van der Waals surface area (Å²) >= 11 is 0. The lowest BCUT2D eigenvalue weighted by Gasteiger charge is -2.03. The van der Waals surface area contributed by atoms with Gasteiger partial charge in [0.05, 0.1) is 0 Å².